The molecule has 2 heterocycles. The van der Waals surface area contributed by atoms with Crippen molar-refractivity contribution in [3.8, 4) is 0 Å². The summed E-state index contributed by atoms with van der Waals surface area (Å²) in [6.45, 7) is 8.64. The van der Waals surface area contributed by atoms with E-state index in [-0.39, 0.29) is 0 Å². The first-order chi connectivity index (χ1) is 8.04. The van der Waals surface area contributed by atoms with E-state index in [1.807, 2.05) is 17.1 Å². The van der Waals surface area contributed by atoms with Gasteiger partial charge in [0.2, 0.25) is 0 Å². The Kier molecular flexibility index (Phi) is 3.76. The molecule has 0 fully saturated rings. The Balaban J connectivity index is 2.05. The van der Waals surface area contributed by atoms with Crippen LogP contribution in [0.1, 0.15) is 40.2 Å². The third-order valence-corrected chi connectivity index (χ3v) is 3.73. The maximum atomic E-state index is 4.61. The van der Waals surface area contributed by atoms with Crippen LogP contribution in [0, 0.1) is 0 Å². The molecule has 0 aromatic carbocycles. The second kappa shape index (κ2) is 5.12. The minimum absolute atomic E-state index is 0.393. The molecule has 5 heteroatoms. The Morgan fingerprint density at radius 3 is 2.82 bits per heavy atom. The molecule has 1 aliphatic rings. The van der Waals surface area contributed by atoms with Crippen molar-refractivity contribution in [2.24, 2.45) is 4.99 Å². The summed E-state index contributed by atoms with van der Waals surface area (Å²) >= 11 is 1.80. The second-order valence-electron chi connectivity index (χ2n) is 4.88. The molecule has 94 valence electrons. The van der Waals surface area contributed by atoms with Crippen LogP contribution in [0.4, 0.5) is 5.69 Å². The number of hydrogen-bond acceptors (Lipinski definition) is 4. The number of nitrogens with one attached hydrogen (secondary N) is 1. The highest BCUT2D eigenvalue weighted by molar-refractivity contribution is 8.14. The van der Waals surface area contributed by atoms with Crippen molar-refractivity contribution in [3.05, 3.63) is 12.4 Å². The molecule has 0 saturated heterocycles. The fourth-order valence-corrected chi connectivity index (χ4v) is 3.05. The molecule has 4 nitrogen and oxygen atoms in total. The summed E-state index contributed by atoms with van der Waals surface area (Å²) in [6, 6.07) is 0.804. The van der Waals surface area contributed by atoms with Crippen LogP contribution >= 0.6 is 11.8 Å². The average molecular weight is 252 g/mol. The summed E-state index contributed by atoms with van der Waals surface area (Å²) < 4.78 is 1.95. The fraction of sp³-hybridized carbons (Fsp3) is 0.667. The van der Waals surface area contributed by atoms with Gasteiger partial charge in [-0.1, -0.05) is 18.7 Å². The van der Waals surface area contributed by atoms with Crippen LogP contribution in [-0.2, 0) is 0 Å². The van der Waals surface area contributed by atoms with Crippen LogP contribution < -0.4 is 5.32 Å². The molecule has 1 aliphatic heterocycles. The molecular weight excluding hydrogens is 232 g/mol. The number of amidine groups is 1. The van der Waals surface area contributed by atoms with Crippen molar-refractivity contribution < 1.29 is 0 Å². The summed E-state index contributed by atoms with van der Waals surface area (Å²) in [7, 11) is 0. The highest BCUT2D eigenvalue weighted by Gasteiger charge is 2.18. The average Bonchev–Trinajstić information content (AvgIpc) is 2.64. The fourth-order valence-electron chi connectivity index (χ4n) is 1.87. The lowest BCUT2D eigenvalue weighted by molar-refractivity contribution is 0.532. The molecule has 0 spiro atoms. The van der Waals surface area contributed by atoms with Gasteiger partial charge in [-0.05, 0) is 27.2 Å². The molecule has 0 aliphatic carbocycles. The zero-order valence-corrected chi connectivity index (χ0v) is 11.7. The molecule has 0 saturated carbocycles. The Labute approximate surface area is 107 Å². The molecule has 2 atom stereocenters. The standard InChI is InChI=1S/C12H20N4S/c1-8(2)16-7-11(6-13-16)15-12-14-9(3)5-10(4)17-12/h6-10H,5H2,1-4H3,(H,14,15). The van der Waals surface area contributed by atoms with Gasteiger partial charge < -0.3 is 5.32 Å². The van der Waals surface area contributed by atoms with E-state index in [4.69, 9.17) is 0 Å². The molecule has 2 unspecified atom stereocenters. The van der Waals surface area contributed by atoms with E-state index in [1.165, 1.54) is 0 Å². The normalized spacial score (nSPS) is 24.9. The van der Waals surface area contributed by atoms with Gasteiger partial charge in [-0.3, -0.25) is 9.67 Å². The van der Waals surface area contributed by atoms with Crippen molar-refractivity contribution >= 4 is 22.6 Å². The monoisotopic (exact) mass is 252 g/mol. The van der Waals surface area contributed by atoms with Crippen molar-refractivity contribution in [2.45, 2.75) is 51.4 Å². The SMILES string of the molecule is CC1CC(C)SC(Nc2cnn(C(C)C)c2)=N1. The number of aliphatic imine (C=N–C) groups is 1. The third kappa shape index (κ3) is 3.25. The molecule has 1 N–H and O–H groups in total. The predicted octanol–water partition coefficient (Wildman–Crippen LogP) is 3.15. The van der Waals surface area contributed by atoms with Crippen molar-refractivity contribution in [1.82, 2.24) is 9.78 Å². The molecule has 2 rings (SSSR count). The molecule has 17 heavy (non-hydrogen) atoms. The van der Waals surface area contributed by atoms with E-state index in [1.54, 1.807) is 11.8 Å². The van der Waals surface area contributed by atoms with Crippen LogP contribution in [0.25, 0.3) is 0 Å². The minimum atomic E-state index is 0.393. The van der Waals surface area contributed by atoms with Crippen molar-refractivity contribution in [1.29, 1.82) is 0 Å². The number of nitrogens with zero attached hydrogens (tertiary/aromatic N) is 3. The van der Waals surface area contributed by atoms with Crippen LogP contribution in [0.2, 0.25) is 0 Å². The Morgan fingerprint density at radius 1 is 1.47 bits per heavy atom. The zero-order valence-electron chi connectivity index (χ0n) is 10.8. The van der Waals surface area contributed by atoms with E-state index >= 15 is 0 Å². The highest BCUT2D eigenvalue weighted by Crippen LogP contribution is 2.26. The summed E-state index contributed by atoms with van der Waals surface area (Å²) in [5.41, 5.74) is 1.02. The van der Waals surface area contributed by atoms with Crippen molar-refractivity contribution in [3.63, 3.8) is 0 Å². The zero-order chi connectivity index (χ0) is 12.4. The van der Waals surface area contributed by atoms with E-state index in [2.05, 4.69) is 43.1 Å². The van der Waals surface area contributed by atoms with Gasteiger partial charge in [0.15, 0.2) is 5.17 Å². The van der Waals surface area contributed by atoms with Gasteiger partial charge in [-0.15, -0.1) is 0 Å². The van der Waals surface area contributed by atoms with Gasteiger partial charge in [0.05, 0.1) is 17.9 Å². The highest BCUT2D eigenvalue weighted by atomic mass is 32.2. The van der Waals surface area contributed by atoms with Gasteiger partial charge in [0.25, 0.3) is 0 Å². The number of anilines is 1. The summed E-state index contributed by atoms with van der Waals surface area (Å²) in [4.78, 5) is 4.61. The molecule has 0 radical (unpaired) electrons. The molecular formula is C12H20N4S. The lowest BCUT2D eigenvalue weighted by atomic mass is 10.2. The number of aromatic nitrogens is 2. The van der Waals surface area contributed by atoms with Gasteiger partial charge >= 0.3 is 0 Å². The van der Waals surface area contributed by atoms with Crippen LogP contribution in [-0.4, -0.2) is 26.2 Å². The maximum absolute atomic E-state index is 4.61. The molecule has 1 aromatic rings. The lowest BCUT2D eigenvalue weighted by Gasteiger charge is -2.22. The van der Waals surface area contributed by atoms with E-state index in [9.17, 15) is 0 Å². The van der Waals surface area contributed by atoms with Crippen LogP contribution in [0.15, 0.2) is 17.4 Å². The first-order valence-electron chi connectivity index (χ1n) is 6.10. The number of rotatable bonds is 2. The Bertz CT molecular complexity index is 410. The Hall–Kier alpha value is -0.970. The molecule has 1 aromatic heterocycles. The first kappa shape index (κ1) is 12.5. The first-order valence-corrected chi connectivity index (χ1v) is 6.98. The summed E-state index contributed by atoms with van der Waals surface area (Å²) in [5, 5.41) is 9.30. The van der Waals surface area contributed by atoms with Crippen LogP contribution in [0.3, 0.4) is 0 Å². The maximum Gasteiger partial charge on any atom is 0.161 e. The second-order valence-corrected chi connectivity index (χ2v) is 6.30. The number of thioether (sulfide) groups is 1. The smallest absolute Gasteiger partial charge is 0.161 e. The molecule has 0 bridgehead atoms. The van der Waals surface area contributed by atoms with E-state index < -0.39 is 0 Å². The van der Waals surface area contributed by atoms with Gasteiger partial charge in [-0.2, -0.15) is 5.10 Å². The lowest BCUT2D eigenvalue weighted by Crippen LogP contribution is -2.22. The van der Waals surface area contributed by atoms with Crippen molar-refractivity contribution in [2.75, 3.05) is 5.32 Å². The topological polar surface area (TPSA) is 42.2 Å². The van der Waals surface area contributed by atoms with Gasteiger partial charge in [-0.25, -0.2) is 0 Å². The summed E-state index contributed by atoms with van der Waals surface area (Å²) in [5.74, 6) is 0. The Morgan fingerprint density at radius 2 is 2.24 bits per heavy atom. The summed E-state index contributed by atoms with van der Waals surface area (Å²) in [6.07, 6.45) is 5.03. The van der Waals surface area contributed by atoms with Gasteiger partial charge in [0.1, 0.15) is 0 Å². The van der Waals surface area contributed by atoms with Gasteiger partial charge in [0, 0.05) is 17.5 Å². The molecule has 0 amide bonds. The number of hydrogen-bond donors (Lipinski definition) is 1. The largest absolute Gasteiger partial charge is 0.332 e. The third-order valence-electron chi connectivity index (χ3n) is 2.71. The minimum Gasteiger partial charge on any atom is -0.332 e. The van der Waals surface area contributed by atoms with E-state index in [0.717, 1.165) is 17.3 Å². The quantitative estimate of drug-likeness (QED) is 0.879. The van der Waals surface area contributed by atoms with Crippen LogP contribution in [0.5, 0.6) is 0 Å². The predicted molar refractivity (Wildman–Crippen MR) is 74.8 cm³/mol. The van der Waals surface area contributed by atoms with E-state index in [0.29, 0.717) is 17.3 Å².